The maximum absolute atomic E-state index is 12.4. The van der Waals surface area contributed by atoms with Gasteiger partial charge in [0.05, 0.1) is 31.0 Å². The van der Waals surface area contributed by atoms with Crippen molar-refractivity contribution < 1.29 is 9.53 Å². The first kappa shape index (κ1) is 14.8. The zero-order valence-corrected chi connectivity index (χ0v) is 13.4. The van der Waals surface area contributed by atoms with Gasteiger partial charge in [0.25, 0.3) is 0 Å². The highest BCUT2D eigenvalue weighted by Crippen LogP contribution is 2.29. The minimum Gasteiger partial charge on any atom is -0.373 e. The van der Waals surface area contributed by atoms with Crippen LogP contribution >= 0.6 is 0 Å². The van der Waals surface area contributed by atoms with Gasteiger partial charge in [-0.05, 0) is 30.5 Å². The number of rotatable bonds is 3. The number of hydrogen-bond acceptors (Lipinski definition) is 4. The number of hydrogen-bond donors (Lipinski definition) is 2. The molecule has 1 amide bonds. The molecule has 6 heteroatoms. The Morgan fingerprint density at radius 3 is 3.21 bits per heavy atom. The SMILES string of the molecule is Cc1[nH]nc2ncc(NC(=O)C[C@@H]3OCCc4ccccc43)cc12. The van der Waals surface area contributed by atoms with Crippen molar-refractivity contribution >= 4 is 22.6 Å². The predicted molar refractivity (Wildman–Crippen MR) is 90.7 cm³/mol. The topological polar surface area (TPSA) is 79.9 Å². The number of nitrogens with one attached hydrogen (secondary N) is 2. The van der Waals surface area contributed by atoms with Gasteiger partial charge in [0.15, 0.2) is 5.65 Å². The Morgan fingerprint density at radius 1 is 1.42 bits per heavy atom. The molecule has 0 saturated carbocycles. The van der Waals surface area contributed by atoms with Crippen LogP contribution in [-0.4, -0.2) is 27.7 Å². The van der Waals surface area contributed by atoms with E-state index in [-0.39, 0.29) is 12.0 Å². The van der Waals surface area contributed by atoms with Gasteiger partial charge < -0.3 is 10.1 Å². The van der Waals surface area contributed by atoms with E-state index in [9.17, 15) is 4.79 Å². The number of benzene rings is 1. The number of H-pyrrole nitrogens is 1. The molecule has 0 spiro atoms. The van der Waals surface area contributed by atoms with E-state index in [2.05, 4.69) is 26.6 Å². The van der Waals surface area contributed by atoms with Crippen molar-refractivity contribution in [3.05, 3.63) is 53.3 Å². The summed E-state index contributed by atoms with van der Waals surface area (Å²) in [5, 5.41) is 10.8. The number of carbonyl (C=O) groups excluding carboxylic acids is 1. The van der Waals surface area contributed by atoms with Crippen LogP contribution in [0.5, 0.6) is 0 Å². The van der Waals surface area contributed by atoms with Crippen molar-refractivity contribution in [3.8, 4) is 0 Å². The summed E-state index contributed by atoms with van der Waals surface area (Å²) in [5.41, 5.74) is 4.62. The molecule has 1 aliphatic rings. The number of fused-ring (bicyclic) bond motifs is 2. The summed E-state index contributed by atoms with van der Waals surface area (Å²) in [6.45, 7) is 2.58. The Labute approximate surface area is 139 Å². The highest BCUT2D eigenvalue weighted by atomic mass is 16.5. The Morgan fingerprint density at radius 2 is 2.29 bits per heavy atom. The van der Waals surface area contributed by atoms with Crippen molar-refractivity contribution in [1.82, 2.24) is 15.2 Å². The van der Waals surface area contributed by atoms with Gasteiger partial charge >= 0.3 is 0 Å². The fourth-order valence-corrected chi connectivity index (χ4v) is 3.11. The summed E-state index contributed by atoms with van der Waals surface area (Å²) in [6.07, 6.45) is 2.62. The summed E-state index contributed by atoms with van der Waals surface area (Å²) in [6, 6.07) is 10.0. The average Bonchev–Trinajstić information content (AvgIpc) is 2.96. The summed E-state index contributed by atoms with van der Waals surface area (Å²) < 4.78 is 5.80. The fraction of sp³-hybridized carbons (Fsp3) is 0.278. The number of aryl methyl sites for hydroxylation is 1. The molecule has 1 atom stereocenters. The molecule has 122 valence electrons. The third-order valence-electron chi connectivity index (χ3n) is 4.35. The van der Waals surface area contributed by atoms with Gasteiger partial charge in [-0.2, -0.15) is 5.10 Å². The second kappa shape index (κ2) is 6.05. The summed E-state index contributed by atoms with van der Waals surface area (Å²) >= 11 is 0. The van der Waals surface area contributed by atoms with Crippen LogP contribution in [0.3, 0.4) is 0 Å². The van der Waals surface area contributed by atoms with Gasteiger partial charge in [-0.25, -0.2) is 4.98 Å². The standard InChI is InChI=1S/C18H18N4O2/c1-11-15-8-13(10-19-18(15)22-21-11)20-17(23)9-16-14-5-3-2-4-12(14)6-7-24-16/h2-5,8,10,16H,6-7,9H2,1H3,(H,20,23)(H,19,21,22)/t16-/m0/s1. The number of carbonyl (C=O) groups is 1. The number of ether oxygens (including phenoxy) is 1. The fourth-order valence-electron chi connectivity index (χ4n) is 3.11. The van der Waals surface area contributed by atoms with E-state index in [0.29, 0.717) is 24.4 Å². The smallest absolute Gasteiger partial charge is 0.227 e. The Hall–Kier alpha value is -2.73. The van der Waals surface area contributed by atoms with Gasteiger partial charge in [0, 0.05) is 11.1 Å². The monoisotopic (exact) mass is 322 g/mol. The molecule has 0 saturated heterocycles. The van der Waals surface area contributed by atoms with Crippen LogP contribution in [0.15, 0.2) is 36.5 Å². The molecule has 1 aliphatic heterocycles. The zero-order valence-electron chi connectivity index (χ0n) is 13.4. The Balaban J connectivity index is 1.49. The lowest BCUT2D eigenvalue weighted by Crippen LogP contribution is -2.22. The Kier molecular flexibility index (Phi) is 3.74. The van der Waals surface area contributed by atoms with Crippen LogP contribution < -0.4 is 5.32 Å². The summed E-state index contributed by atoms with van der Waals surface area (Å²) in [7, 11) is 0. The van der Waals surface area contributed by atoms with E-state index in [1.54, 1.807) is 6.20 Å². The number of nitrogens with zero attached hydrogens (tertiary/aromatic N) is 2. The Bertz CT molecular complexity index is 903. The van der Waals surface area contributed by atoms with Crippen LogP contribution in [0, 0.1) is 6.92 Å². The number of aromatic nitrogens is 3. The molecule has 2 aromatic heterocycles. The molecular weight excluding hydrogens is 304 g/mol. The van der Waals surface area contributed by atoms with Crippen LogP contribution in [0.2, 0.25) is 0 Å². The maximum Gasteiger partial charge on any atom is 0.227 e. The quantitative estimate of drug-likeness (QED) is 0.777. The maximum atomic E-state index is 12.4. The predicted octanol–water partition coefficient (Wildman–Crippen LogP) is 2.91. The largest absolute Gasteiger partial charge is 0.373 e. The number of amides is 1. The molecule has 0 radical (unpaired) electrons. The second-order valence-corrected chi connectivity index (χ2v) is 6.00. The minimum atomic E-state index is -0.192. The van der Waals surface area contributed by atoms with Crippen LogP contribution in [0.4, 0.5) is 5.69 Å². The minimum absolute atomic E-state index is 0.0843. The van der Waals surface area contributed by atoms with Crippen molar-refractivity contribution in [2.24, 2.45) is 0 Å². The molecule has 4 rings (SSSR count). The third-order valence-corrected chi connectivity index (χ3v) is 4.35. The van der Waals surface area contributed by atoms with Gasteiger partial charge in [0.2, 0.25) is 5.91 Å². The van der Waals surface area contributed by atoms with Gasteiger partial charge in [0.1, 0.15) is 0 Å². The highest BCUT2D eigenvalue weighted by molar-refractivity contribution is 5.93. The molecular formula is C18H18N4O2. The lowest BCUT2D eigenvalue weighted by Gasteiger charge is -2.25. The first-order valence-corrected chi connectivity index (χ1v) is 8.00. The second-order valence-electron chi connectivity index (χ2n) is 6.00. The molecule has 0 aliphatic carbocycles. The van der Waals surface area contributed by atoms with E-state index in [0.717, 1.165) is 23.1 Å². The van der Waals surface area contributed by atoms with E-state index in [1.807, 2.05) is 31.2 Å². The number of pyridine rings is 1. The third kappa shape index (κ3) is 2.76. The molecule has 0 unspecified atom stereocenters. The van der Waals surface area contributed by atoms with E-state index in [1.165, 1.54) is 5.56 Å². The van der Waals surface area contributed by atoms with E-state index >= 15 is 0 Å². The molecule has 3 aromatic rings. The van der Waals surface area contributed by atoms with Crippen molar-refractivity contribution in [3.63, 3.8) is 0 Å². The molecule has 2 N–H and O–H groups in total. The zero-order chi connectivity index (χ0) is 16.5. The van der Waals surface area contributed by atoms with Gasteiger partial charge in [-0.3, -0.25) is 9.89 Å². The number of anilines is 1. The van der Waals surface area contributed by atoms with Crippen LogP contribution in [0.25, 0.3) is 11.0 Å². The van der Waals surface area contributed by atoms with Crippen LogP contribution in [0.1, 0.15) is 29.3 Å². The van der Waals surface area contributed by atoms with E-state index in [4.69, 9.17) is 4.74 Å². The normalized spacial score (nSPS) is 16.8. The number of aromatic amines is 1. The average molecular weight is 322 g/mol. The molecule has 1 aromatic carbocycles. The first-order chi connectivity index (χ1) is 11.7. The first-order valence-electron chi connectivity index (χ1n) is 8.00. The molecule has 0 fully saturated rings. The van der Waals surface area contributed by atoms with Crippen molar-refractivity contribution in [2.75, 3.05) is 11.9 Å². The molecule has 0 bridgehead atoms. The van der Waals surface area contributed by atoms with Gasteiger partial charge in [-0.15, -0.1) is 0 Å². The lowest BCUT2D eigenvalue weighted by atomic mass is 9.95. The summed E-state index contributed by atoms with van der Waals surface area (Å²) in [4.78, 5) is 16.7. The van der Waals surface area contributed by atoms with Crippen LogP contribution in [-0.2, 0) is 16.0 Å². The molecule has 6 nitrogen and oxygen atoms in total. The highest BCUT2D eigenvalue weighted by Gasteiger charge is 2.23. The van der Waals surface area contributed by atoms with Gasteiger partial charge in [-0.1, -0.05) is 24.3 Å². The van der Waals surface area contributed by atoms with E-state index < -0.39 is 0 Å². The lowest BCUT2D eigenvalue weighted by molar-refractivity contribution is -0.119. The molecule has 24 heavy (non-hydrogen) atoms. The summed E-state index contributed by atoms with van der Waals surface area (Å²) in [5.74, 6) is -0.0843. The van der Waals surface area contributed by atoms with Crippen molar-refractivity contribution in [1.29, 1.82) is 0 Å². The molecule has 3 heterocycles. The van der Waals surface area contributed by atoms with Crippen molar-refractivity contribution in [2.45, 2.75) is 25.9 Å².